The Morgan fingerprint density at radius 3 is 1.77 bits per heavy atom. The molecule has 9 nitrogen and oxygen atoms in total. The lowest BCUT2D eigenvalue weighted by Crippen LogP contribution is -2.57. The van der Waals surface area contributed by atoms with E-state index in [4.69, 9.17) is 4.74 Å². The summed E-state index contributed by atoms with van der Waals surface area (Å²) in [5, 5.41) is 0. The average molecular weight is 391 g/mol. The van der Waals surface area contributed by atoms with E-state index in [1.165, 1.54) is 18.4 Å². The van der Waals surface area contributed by atoms with Gasteiger partial charge in [0.1, 0.15) is 0 Å². The highest BCUT2D eigenvalue weighted by atomic mass is 32.2. The van der Waals surface area contributed by atoms with Crippen LogP contribution in [0.3, 0.4) is 0 Å². The third kappa shape index (κ3) is 4.93. The maximum atomic E-state index is 12.8. The summed E-state index contributed by atoms with van der Waals surface area (Å²) in [6.45, 7) is 7.51. The molecule has 2 aliphatic rings. The van der Waals surface area contributed by atoms with Gasteiger partial charge >= 0.3 is 11.8 Å². The molecule has 2 aliphatic heterocycles. The summed E-state index contributed by atoms with van der Waals surface area (Å²) in [5.74, 6) is -1.08. The van der Waals surface area contributed by atoms with Gasteiger partial charge in [-0.1, -0.05) is 13.8 Å². The third-order valence-corrected chi connectivity index (χ3v) is 6.64. The molecule has 2 saturated heterocycles. The summed E-state index contributed by atoms with van der Waals surface area (Å²) in [5.41, 5.74) is 0. The van der Waals surface area contributed by atoms with E-state index in [1.807, 2.05) is 13.8 Å². The van der Waals surface area contributed by atoms with Gasteiger partial charge in [0, 0.05) is 52.4 Å². The summed E-state index contributed by atoms with van der Waals surface area (Å²) in [6, 6.07) is 0. The molecule has 0 saturated carbocycles. The van der Waals surface area contributed by atoms with E-state index >= 15 is 0 Å². The van der Waals surface area contributed by atoms with Crippen molar-refractivity contribution in [2.24, 2.45) is 0 Å². The number of piperazine rings is 1. The summed E-state index contributed by atoms with van der Waals surface area (Å²) in [6.07, 6.45) is 1.51. The number of morpholine rings is 1. The van der Waals surface area contributed by atoms with Crippen LogP contribution in [0.2, 0.25) is 0 Å². The van der Waals surface area contributed by atoms with Crippen LogP contribution in [0.25, 0.3) is 0 Å². The number of rotatable bonds is 6. The first-order valence-electron chi connectivity index (χ1n) is 9.33. The predicted octanol–water partition coefficient (Wildman–Crippen LogP) is -0.644. The van der Waals surface area contributed by atoms with Crippen molar-refractivity contribution < 1.29 is 22.7 Å². The van der Waals surface area contributed by atoms with E-state index in [2.05, 4.69) is 0 Å². The zero-order valence-corrected chi connectivity index (χ0v) is 16.5. The van der Waals surface area contributed by atoms with Gasteiger partial charge in [-0.25, -0.2) is 0 Å². The zero-order chi connectivity index (χ0) is 19.2. The SMILES string of the molecule is CCCN(CCC)S(=O)(=O)N1CCN(C(=O)C(=O)N2CCOCC2)CC1. The van der Waals surface area contributed by atoms with Gasteiger partial charge in [-0.05, 0) is 12.8 Å². The summed E-state index contributed by atoms with van der Waals surface area (Å²) in [4.78, 5) is 27.7. The first-order chi connectivity index (χ1) is 12.4. The fraction of sp³-hybridized carbons (Fsp3) is 0.875. The number of carbonyl (C=O) groups excluding carboxylic acids is 2. The van der Waals surface area contributed by atoms with E-state index in [0.717, 1.165) is 12.8 Å². The standard InChI is InChI=1S/C16H30N4O5S/c1-3-5-19(6-4-2)26(23,24)20-9-7-17(8-10-20)15(21)16(22)18-11-13-25-14-12-18/h3-14H2,1-2H3. The maximum absolute atomic E-state index is 12.8. The van der Waals surface area contributed by atoms with E-state index in [1.54, 1.807) is 0 Å². The first kappa shape index (κ1) is 21.1. The van der Waals surface area contributed by atoms with Crippen molar-refractivity contribution in [1.29, 1.82) is 0 Å². The summed E-state index contributed by atoms with van der Waals surface area (Å²) >= 11 is 0. The van der Waals surface area contributed by atoms with Gasteiger partial charge in [0.05, 0.1) is 13.2 Å². The summed E-state index contributed by atoms with van der Waals surface area (Å²) < 4.78 is 33.7. The van der Waals surface area contributed by atoms with Gasteiger partial charge in [0.2, 0.25) is 0 Å². The minimum Gasteiger partial charge on any atom is -0.378 e. The topological polar surface area (TPSA) is 90.5 Å². The molecule has 2 rings (SSSR count). The number of ether oxygens (including phenoxy) is 1. The lowest BCUT2D eigenvalue weighted by atomic mass is 10.3. The maximum Gasteiger partial charge on any atom is 0.312 e. The van der Waals surface area contributed by atoms with E-state index in [9.17, 15) is 18.0 Å². The molecule has 0 unspecified atom stereocenters. The highest BCUT2D eigenvalue weighted by Crippen LogP contribution is 2.14. The Bertz CT molecular complexity index is 577. The second kappa shape index (κ2) is 9.63. The van der Waals surface area contributed by atoms with Crippen LogP contribution in [0.1, 0.15) is 26.7 Å². The Kier molecular flexibility index (Phi) is 7.81. The molecule has 10 heteroatoms. The second-order valence-corrected chi connectivity index (χ2v) is 8.43. The lowest BCUT2D eigenvalue weighted by molar-refractivity contribution is -0.154. The molecular formula is C16H30N4O5S. The van der Waals surface area contributed by atoms with Gasteiger partial charge in [-0.3, -0.25) is 9.59 Å². The van der Waals surface area contributed by atoms with Crippen LogP contribution in [0.4, 0.5) is 0 Å². The van der Waals surface area contributed by atoms with Crippen molar-refractivity contribution in [2.75, 3.05) is 65.6 Å². The smallest absolute Gasteiger partial charge is 0.312 e. The van der Waals surface area contributed by atoms with Gasteiger partial charge in [0.25, 0.3) is 10.2 Å². The Morgan fingerprint density at radius 1 is 0.846 bits per heavy atom. The first-order valence-corrected chi connectivity index (χ1v) is 10.7. The molecule has 2 heterocycles. The molecule has 0 bridgehead atoms. The Morgan fingerprint density at radius 2 is 1.31 bits per heavy atom. The van der Waals surface area contributed by atoms with Crippen LogP contribution in [-0.4, -0.2) is 104 Å². The quantitative estimate of drug-likeness (QED) is 0.563. The van der Waals surface area contributed by atoms with Gasteiger partial charge < -0.3 is 14.5 Å². The van der Waals surface area contributed by atoms with Crippen molar-refractivity contribution in [2.45, 2.75) is 26.7 Å². The molecule has 2 amide bonds. The lowest BCUT2D eigenvalue weighted by Gasteiger charge is -2.37. The average Bonchev–Trinajstić information content (AvgIpc) is 2.67. The second-order valence-electron chi connectivity index (χ2n) is 6.50. The highest BCUT2D eigenvalue weighted by Gasteiger charge is 2.35. The molecule has 2 fully saturated rings. The predicted molar refractivity (Wildman–Crippen MR) is 96.6 cm³/mol. The Hall–Kier alpha value is -1.23. The molecule has 0 aromatic carbocycles. The van der Waals surface area contributed by atoms with Crippen LogP contribution < -0.4 is 0 Å². The normalized spacial score (nSPS) is 19.8. The Balaban J connectivity index is 1.93. The molecule has 0 spiro atoms. The third-order valence-electron chi connectivity index (χ3n) is 4.61. The van der Waals surface area contributed by atoms with Crippen molar-refractivity contribution in [1.82, 2.24) is 18.4 Å². The van der Waals surface area contributed by atoms with Crippen molar-refractivity contribution in [3.05, 3.63) is 0 Å². The number of hydrogen-bond acceptors (Lipinski definition) is 5. The largest absolute Gasteiger partial charge is 0.378 e. The van der Waals surface area contributed by atoms with Gasteiger partial charge in [-0.2, -0.15) is 17.0 Å². The molecule has 150 valence electrons. The molecule has 0 aromatic heterocycles. The molecule has 0 atom stereocenters. The monoisotopic (exact) mass is 390 g/mol. The van der Waals surface area contributed by atoms with Gasteiger partial charge in [0.15, 0.2) is 0 Å². The fourth-order valence-electron chi connectivity index (χ4n) is 3.16. The van der Waals surface area contributed by atoms with Crippen molar-refractivity contribution >= 4 is 22.0 Å². The number of amides is 2. The van der Waals surface area contributed by atoms with Gasteiger partial charge in [-0.15, -0.1) is 0 Å². The highest BCUT2D eigenvalue weighted by molar-refractivity contribution is 7.86. The molecule has 0 N–H and O–H groups in total. The van der Waals surface area contributed by atoms with Crippen molar-refractivity contribution in [3.8, 4) is 0 Å². The van der Waals surface area contributed by atoms with E-state index < -0.39 is 22.0 Å². The molecule has 0 aromatic rings. The van der Waals surface area contributed by atoms with Crippen LogP contribution in [0.15, 0.2) is 0 Å². The van der Waals surface area contributed by atoms with Crippen LogP contribution in [0.5, 0.6) is 0 Å². The van der Waals surface area contributed by atoms with Crippen LogP contribution in [-0.2, 0) is 24.5 Å². The molecule has 0 aliphatic carbocycles. The zero-order valence-electron chi connectivity index (χ0n) is 15.7. The van der Waals surface area contributed by atoms with Crippen LogP contribution >= 0.6 is 0 Å². The number of nitrogens with zero attached hydrogens (tertiary/aromatic N) is 4. The summed E-state index contributed by atoms with van der Waals surface area (Å²) in [7, 11) is -3.52. The minimum atomic E-state index is -3.52. The van der Waals surface area contributed by atoms with E-state index in [0.29, 0.717) is 39.4 Å². The fourth-order valence-corrected chi connectivity index (χ4v) is 4.94. The van der Waals surface area contributed by atoms with E-state index in [-0.39, 0.29) is 26.2 Å². The molecular weight excluding hydrogens is 360 g/mol. The number of carbonyl (C=O) groups is 2. The van der Waals surface area contributed by atoms with Crippen LogP contribution in [0, 0.1) is 0 Å². The minimum absolute atomic E-state index is 0.217. The Labute approximate surface area is 156 Å². The molecule has 0 radical (unpaired) electrons. The number of hydrogen-bond donors (Lipinski definition) is 0. The molecule has 26 heavy (non-hydrogen) atoms. The van der Waals surface area contributed by atoms with Crippen molar-refractivity contribution in [3.63, 3.8) is 0 Å².